The van der Waals surface area contributed by atoms with Gasteiger partial charge < -0.3 is 14.4 Å². The summed E-state index contributed by atoms with van der Waals surface area (Å²) >= 11 is 0. The molecule has 0 saturated carbocycles. The van der Waals surface area contributed by atoms with Crippen LogP contribution in [0.3, 0.4) is 0 Å². The number of hydrogen-bond donors (Lipinski definition) is 0. The summed E-state index contributed by atoms with van der Waals surface area (Å²) in [6, 6.07) is 44.3. The first-order valence-corrected chi connectivity index (χ1v) is 17.6. The predicted molar refractivity (Wildman–Crippen MR) is 205 cm³/mol. The molecule has 240 valence electrons. The summed E-state index contributed by atoms with van der Waals surface area (Å²) in [5.41, 5.74) is 14.6. The standard InChI is InChI=1S/C45H40BNO2/c1-27(2)29-16-20-40-38(22-29)46-39-23-30(28(3)4)17-21-41(39)49-43-26-33(25-42(48-40)44(43)46)47(31-12-8-7-9-13-31)32-18-19-35-34-14-10-11-15-36(34)45(5,6)37(35)24-32/h7-28H,1-6H3. The Morgan fingerprint density at radius 3 is 1.69 bits per heavy atom. The normalized spacial score (nSPS) is 14.3. The van der Waals surface area contributed by atoms with Gasteiger partial charge in [0.1, 0.15) is 23.0 Å². The average molecular weight is 638 g/mol. The molecule has 0 bridgehead atoms. The van der Waals surface area contributed by atoms with Gasteiger partial charge in [-0.25, -0.2) is 0 Å². The molecular formula is C45H40BNO2. The van der Waals surface area contributed by atoms with Crippen LogP contribution in [0.4, 0.5) is 17.1 Å². The van der Waals surface area contributed by atoms with Gasteiger partial charge in [-0.05, 0) is 92.5 Å². The zero-order valence-electron chi connectivity index (χ0n) is 29.0. The van der Waals surface area contributed by atoms with E-state index in [0.29, 0.717) is 11.8 Å². The van der Waals surface area contributed by atoms with Crippen molar-refractivity contribution in [2.75, 3.05) is 4.90 Å². The molecular weight excluding hydrogens is 597 g/mol. The first-order valence-electron chi connectivity index (χ1n) is 17.6. The van der Waals surface area contributed by atoms with Gasteiger partial charge in [-0.3, -0.25) is 0 Å². The highest BCUT2D eigenvalue weighted by atomic mass is 16.5. The Bertz CT molecular complexity index is 2200. The Balaban J connectivity index is 1.24. The van der Waals surface area contributed by atoms with Gasteiger partial charge in [0, 0.05) is 34.4 Å². The van der Waals surface area contributed by atoms with Crippen molar-refractivity contribution in [3.05, 3.63) is 144 Å². The molecule has 0 radical (unpaired) electrons. The Morgan fingerprint density at radius 2 is 1.08 bits per heavy atom. The van der Waals surface area contributed by atoms with E-state index in [0.717, 1.165) is 45.5 Å². The monoisotopic (exact) mass is 637 g/mol. The van der Waals surface area contributed by atoms with Crippen LogP contribution in [0.25, 0.3) is 11.1 Å². The van der Waals surface area contributed by atoms with Crippen molar-refractivity contribution in [3.63, 3.8) is 0 Å². The maximum absolute atomic E-state index is 6.86. The molecule has 1 aliphatic carbocycles. The number of rotatable bonds is 5. The number of hydrogen-bond acceptors (Lipinski definition) is 3. The maximum Gasteiger partial charge on any atom is 0.260 e. The Hall–Kier alpha value is -5.22. The third-order valence-corrected chi connectivity index (χ3v) is 10.9. The lowest BCUT2D eigenvalue weighted by molar-refractivity contribution is 0.464. The van der Waals surface area contributed by atoms with E-state index < -0.39 is 0 Å². The molecule has 2 aliphatic heterocycles. The smallest absolute Gasteiger partial charge is 0.260 e. The lowest BCUT2D eigenvalue weighted by atomic mass is 9.34. The van der Waals surface area contributed by atoms with Gasteiger partial charge in [0.15, 0.2) is 0 Å². The minimum Gasteiger partial charge on any atom is -0.458 e. The lowest BCUT2D eigenvalue weighted by Gasteiger charge is -2.35. The largest absolute Gasteiger partial charge is 0.458 e. The van der Waals surface area contributed by atoms with Crippen LogP contribution in [-0.2, 0) is 5.41 Å². The fraction of sp³-hybridized carbons (Fsp3) is 0.200. The molecule has 0 N–H and O–H groups in total. The van der Waals surface area contributed by atoms with Crippen molar-refractivity contribution in [3.8, 4) is 34.1 Å². The molecule has 0 amide bonds. The summed E-state index contributed by atoms with van der Waals surface area (Å²) in [7, 11) is 0. The molecule has 0 saturated heterocycles. The van der Waals surface area contributed by atoms with Gasteiger partial charge in [-0.1, -0.05) is 114 Å². The van der Waals surface area contributed by atoms with Gasteiger partial charge >= 0.3 is 0 Å². The molecule has 3 aliphatic rings. The quantitative estimate of drug-likeness (QED) is 0.175. The first kappa shape index (κ1) is 29.9. The number of anilines is 3. The van der Waals surface area contributed by atoms with Gasteiger partial charge in [0.05, 0.1) is 5.69 Å². The van der Waals surface area contributed by atoms with E-state index in [1.165, 1.54) is 44.3 Å². The van der Waals surface area contributed by atoms with Crippen LogP contribution < -0.4 is 30.8 Å². The van der Waals surface area contributed by atoms with E-state index in [4.69, 9.17) is 9.47 Å². The van der Waals surface area contributed by atoms with Crippen molar-refractivity contribution in [1.82, 2.24) is 0 Å². The number of nitrogens with zero attached hydrogens (tertiary/aromatic N) is 1. The maximum atomic E-state index is 6.86. The van der Waals surface area contributed by atoms with E-state index in [9.17, 15) is 0 Å². The molecule has 0 atom stereocenters. The topological polar surface area (TPSA) is 21.7 Å². The molecule has 49 heavy (non-hydrogen) atoms. The van der Waals surface area contributed by atoms with Crippen molar-refractivity contribution in [2.45, 2.75) is 58.8 Å². The summed E-state index contributed by atoms with van der Waals surface area (Å²) < 4.78 is 13.7. The Labute approximate surface area is 290 Å². The molecule has 2 heterocycles. The van der Waals surface area contributed by atoms with E-state index in [1.54, 1.807) is 0 Å². The highest BCUT2D eigenvalue weighted by molar-refractivity contribution is 6.98. The van der Waals surface area contributed by atoms with Gasteiger partial charge in [0.25, 0.3) is 6.71 Å². The van der Waals surface area contributed by atoms with Crippen LogP contribution in [0.1, 0.15) is 75.6 Å². The summed E-state index contributed by atoms with van der Waals surface area (Å²) in [5, 5.41) is 0. The fourth-order valence-electron chi connectivity index (χ4n) is 8.23. The van der Waals surface area contributed by atoms with Crippen LogP contribution >= 0.6 is 0 Å². The zero-order chi connectivity index (χ0) is 33.6. The second-order valence-corrected chi connectivity index (χ2v) is 15.0. The number of para-hydroxylation sites is 1. The molecule has 4 heteroatoms. The van der Waals surface area contributed by atoms with Crippen LogP contribution in [0, 0.1) is 0 Å². The van der Waals surface area contributed by atoms with Crippen molar-refractivity contribution < 1.29 is 9.47 Å². The van der Waals surface area contributed by atoms with Crippen molar-refractivity contribution in [2.24, 2.45) is 0 Å². The first-order chi connectivity index (χ1) is 23.7. The summed E-state index contributed by atoms with van der Waals surface area (Å²) in [6.45, 7) is 13.7. The highest BCUT2D eigenvalue weighted by Crippen LogP contribution is 2.51. The van der Waals surface area contributed by atoms with Crippen molar-refractivity contribution >= 4 is 40.2 Å². The number of ether oxygens (including phenoxy) is 2. The second kappa shape index (κ2) is 10.9. The van der Waals surface area contributed by atoms with Crippen molar-refractivity contribution in [1.29, 1.82) is 0 Å². The molecule has 9 rings (SSSR count). The molecule has 0 fully saturated rings. The molecule has 6 aromatic rings. The van der Waals surface area contributed by atoms with E-state index >= 15 is 0 Å². The highest BCUT2D eigenvalue weighted by Gasteiger charge is 2.42. The van der Waals surface area contributed by atoms with Crippen LogP contribution in [0.5, 0.6) is 23.0 Å². The zero-order valence-corrected chi connectivity index (χ0v) is 29.0. The Morgan fingerprint density at radius 1 is 0.510 bits per heavy atom. The SMILES string of the molecule is CC(C)c1ccc2c(c1)B1c3cc(C(C)C)ccc3Oc3cc(N(c4ccccc4)c4ccc5c(c4)C(C)(C)c4ccccc4-5)cc(c31)O2. The van der Waals surface area contributed by atoms with Gasteiger partial charge in [-0.2, -0.15) is 0 Å². The van der Waals surface area contributed by atoms with Gasteiger partial charge in [0.2, 0.25) is 0 Å². The molecule has 6 aromatic carbocycles. The minimum absolute atomic E-state index is 0.0217. The van der Waals surface area contributed by atoms with Crippen LogP contribution in [0.2, 0.25) is 0 Å². The van der Waals surface area contributed by atoms with Crippen LogP contribution in [0.15, 0.2) is 121 Å². The van der Waals surface area contributed by atoms with E-state index in [1.807, 2.05) is 0 Å². The van der Waals surface area contributed by atoms with E-state index in [2.05, 4.69) is 168 Å². The Kier molecular flexibility index (Phi) is 6.65. The number of fused-ring (bicyclic) bond motifs is 7. The third kappa shape index (κ3) is 4.57. The minimum atomic E-state index is -0.108. The van der Waals surface area contributed by atoms with Gasteiger partial charge in [-0.15, -0.1) is 0 Å². The average Bonchev–Trinajstić information content (AvgIpc) is 3.33. The fourth-order valence-corrected chi connectivity index (χ4v) is 8.23. The lowest BCUT2D eigenvalue weighted by Crippen LogP contribution is -2.57. The number of benzene rings is 6. The summed E-state index contributed by atoms with van der Waals surface area (Å²) in [6.07, 6.45) is 0. The molecule has 0 unspecified atom stereocenters. The molecule has 0 aromatic heterocycles. The summed E-state index contributed by atoms with van der Waals surface area (Å²) in [4.78, 5) is 2.34. The third-order valence-electron chi connectivity index (χ3n) is 10.9. The second-order valence-electron chi connectivity index (χ2n) is 15.0. The molecule has 3 nitrogen and oxygen atoms in total. The summed E-state index contributed by atoms with van der Waals surface area (Å²) in [5.74, 6) is 4.35. The predicted octanol–water partition coefficient (Wildman–Crippen LogP) is 10.4. The molecule has 0 spiro atoms. The van der Waals surface area contributed by atoms with E-state index in [-0.39, 0.29) is 12.1 Å². The van der Waals surface area contributed by atoms with Crippen LogP contribution in [-0.4, -0.2) is 6.71 Å².